The summed E-state index contributed by atoms with van der Waals surface area (Å²) in [7, 11) is 0. The number of thiazole rings is 1. The van der Waals surface area contributed by atoms with Gasteiger partial charge < -0.3 is 5.32 Å². The van der Waals surface area contributed by atoms with Gasteiger partial charge in [-0.15, -0.1) is 11.3 Å². The van der Waals surface area contributed by atoms with Gasteiger partial charge in [0.15, 0.2) is 5.11 Å². The Bertz CT molecular complexity index is 1250. The van der Waals surface area contributed by atoms with E-state index in [2.05, 4.69) is 49.4 Å². The Labute approximate surface area is 206 Å². The first-order valence-corrected chi connectivity index (χ1v) is 12.3. The lowest BCUT2D eigenvalue weighted by atomic mass is 10.1. The number of benzene rings is 3. The van der Waals surface area contributed by atoms with Crippen LogP contribution in [0.4, 0.5) is 5.69 Å². The summed E-state index contributed by atoms with van der Waals surface area (Å²) in [6, 6.07) is 19.4. The largest absolute Gasteiger partial charge is 0.331 e. The van der Waals surface area contributed by atoms with Gasteiger partial charge >= 0.3 is 0 Å². The number of amides is 1. The maximum absolute atomic E-state index is 12.6. The standard InChI is InChI=1S/C23H17Br2N3OS2/c1-2-13-7-9-14(10-8-13)21(29)28-23(30)27-20-16(11-15(24)12-17(20)25)22-26-18-5-3-4-6-19(18)31-22/h3-12H,2H2,1H3,(H2,27,28,29,30). The minimum atomic E-state index is -0.255. The van der Waals surface area contributed by atoms with Gasteiger partial charge in [-0.1, -0.05) is 47.1 Å². The molecule has 1 aromatic heterocycles. The zero-order chi connectivity index (χ0) is 22.0. The average molecular weight is 575 g/mol. The molecule has 4 aromatic rings. The molecule has 0 radical (unpaired) electrons. The van der Waals surface area contributed by atoms with E-state index in [0.29, 0.717) is 5.56 Å². The van der Waals surface area contributed by atoms with Crippen LogP contribution in [0.2, 0.25) is 0 Å². The molecule has 8 heteroatoms. The zero-order valence-corrected chi connectivity index (χ0v) is 21.2. The molecule has 4 nitrogen and oxygen atoms in total. The Morgan fingerprint density at radius 3 is 2.55 bits per heavy atom. The highest BCUT2D eigenvalue weighted by atomic mass is 79.9. The second kappa shape index (κ2) is 9.56. The van der Waals surface area contributed by atoms with Gasteiger partial charge in [0, 0.05) is 20.1 Å². The maximum Gasteiger partial charge on any atom is 0.257 e. The number of thiocarbonyl (C=S) groups is 1. The van der Waals surface area contributed by atoms with Crippen molar-refractivity contribution in [2.24, 2.45) is 0 Å². The molecule has 0 atom stereocenters. The summed E-state index contributed by atoms with van der Waals surface area (Å²) in [4.78, 5) is 17.4. The van der Waals surface area contributed by atoms with Crippen LogP contribution in [0.3, 0.4) is 0 Å². The van der Waals surface area contributed by atoms with Crippen molar-refractivity contribution in [3.05, 3.63) is 80.7 Å². The van der Waals surface area contributed by atoms with E-state index in [0.717, 1.165) is 41.8 Å². The molecule has 0 saturated heterocycles. The third-order valence-electron chi connectivity index (χ3n) is 4.67. The molecule has 0 aliphatic heterocycles. The van der Waals surface area contributed by atoms with Gasteiger partial charge in [0.2, 0.25) is 0 Å². The first-order chi connectivity index (χ1) is 14.9. The summed E-state index contributed by atoms with van der Waals surface area (Å²) in [5.74, 6) is -0.255. The van der Waals surface area contributed by atoms with Gasteiger partial charge in [-0.2, -0.15) is 0 Å². The highest BCUT2D eigenvalue weighted by Gasteiger charge is 2.17. The smallest absolute Gasteiger partial charge is 0.257 e. The van der Waals surface area contributed by atoms with Gasteiger partial charge in [-0.05, 0) is 76.5 Å². The van der Waals surface area contributed by atoms with Crippen LogP contribution in [0.1, 0.15) is 22.8 Å². The van der Waals surface area contributed by atoms with Gasteiger partial charge in [0.1, 0.15) is 5.01 Å². The van der Waals surface area contributed by atoms with Crippen molar-refractivity contribution < 1.29 is 4.79 Å². The fourth-order valence-corrected chi connectivity index (χ4v) is 5.58. The molecule has 156 valence electrons. The number of carbonyl (C=O) groups excluding carboxylic acids is 1. The van der Waals surface area contributed by atoms with E-state index in [4.69, 9.17) is 17.2 Å². The zero-order valence-electron chi connectivity index (χ0n) is 16.4. The lowest BCUT2D eigenvalue weighted by molar-refractivity contribution is 0.0977. The molecular formula is C23H17Br2N3OS2. The van der Waals surface area contributed by atoms with Gasteiger partial charge in [-0.25, -0.2) is 4.98 Å². The maximum atomic E-state index is 12.6. The van der Waals surface area contributed by atoms with Crippen molar-refractivity contribution in [3.8, 4) is 10.6 Å². The highest BCUT2D eigenvalue weighted by molar-refractivity contribution is 9.11. The predicted octanol–water partition coefficient (Wildman–Crippen LogP) is 7.18. The average Bonchev–Trinajstić information content (AvgIpc) is 3.19. The molecule has 4 rings (SSSR count). The van der Waals surface area contributed by atoms with Crippen molar-refractivity contribution in [3.63, 3.8) is 0 Å². The molecule has 3 aromatic carbocycles. The molecule has 0 fully saturated rings. The molecular weight excluding hydrogens is 558 g/mol. The van der Waals surface area contributed by atoms with E-state index in [9.17, 15) is 4.79 Å². The molecule has 0 aliphatic carbocycles. The number of carbonyl (C=O) groups is 1. The summed E-state index contributed by atoms with van der Waals surface area (Å²) < 4.78 is 2.82. The SMILES string of the molecule is CCc1ccc(C(=O)NC(=S)Nc2c(Br)cc(Br)cc2-c2nc3ccccc3s2)cc1. The van der Waals surface area contributed by atoms with Crippen LogP contribution in [0.5, 0.6) is 0 Å². The molecule has 0 bridgehead atoms. The molecule has 0 spiro atoms. The number of aromatic nitrogens is 1. The van der Waals surface area contributed by atoms with E-state index >= 15 is 0 Å². The van der Waals surface area contributed by atoms with Crippen LogP contribution >= 0.6 is 55.4 Å². The van der Waals surface area contributed by atoms with Crippen LogP contribution < -0.4 is 10.6 Å². The fraction of sp³-hybridized carbons (Fsp3) is 0.0870. The van der Waals surface area contributed by atoms with E-state index in [1.54, 1.807) is 23.5 Å². The lowest BCUT2D eigenvalue weighted by Gasteiger charge is -2.15. The van der Waals surface area contributed by atoms with Crippen molar-refractivity contribution in [2.75, 3.05) is 5.32 Å². The van der Waals surface area contributed by atoms with Crippen LogP contribution in [0.25, 0.3) is 20.8 Å². The van der Waals surface area contributed by atoms with Crippen molar-refractivity contribution in [1.82, 2.24) is 10.3 Å². The summed E-state index contributed by atoms with van der Waals surface area (Å²) in [5, 5.41) is 7.01. The summed E-state index contributed by atoms with van der Waals surface area (Å²) in [5.41, 5.74) is 4.30. The molecule has 1 heterocycles. The normalized spacial score (nSPS) is 10.8. The van der Waals surface area contributed by atoms with E-state index in [1.165, 1.54) is 5.56 Å². The highest BCUT2D eigenvalue weighted by Crippen LogP contribution is 2.40. The lowest BCUT2D eigenvalue weighted by Crippen LogP contribution is -2.34. The van der Waals surface area contributed by atoms with Gasteiger partial charge in [0.25, 0.3) is 5.91 Å². The van der Waals surface area contributed by atoms with E-state index < -0.39 is 0 Å². The number of aryl methyl sites for hydroxylation is 1. The predicted molar refractivity (Wildman–Crippen MR) is 140 cm³/mol. The van der Waals surface area contributed by atoms with Crippen molar-refractivity contribution in [2.45, 2.75) is 13.3 Å². The number of nitrogens with zero attached hydrogens (tertiary/aromatic N) is 1. The second-order valence-electron chi connectivity index (χ2n) is 6.76. The van der Waals surface area contributed by atoms with E-state index in [1.807, 2.05) is 48.5 Å². The Kier molecular flexibility index (Phi) is 6.81. The van der Waals surface area contributed by atoms with Gasteiger partial charge in [-0.3, -0.25) is 10.1 Å². The minimum Gasteiger partial charge on any atom is -0.331 e. The number of hydrogen-bond donors (Lipinski definition) is 2. The molecule has 2 N–H and O–H groups in total. The van der Waals surface area contributed by atoms with Gasteiger partial charge in [0.05, 0.1) is 15.9 Å². The number of hydrogen-bond acceptors (Lipinski definition) is 4. The minimum absolute atomic E-state index is 0.218. The first kappa shape index (κ1) is 22.1. The topological polar surface area (TPSA) is 54.0 Å². The van der Waals surface area contributed by atoms with Crippen LogP contribution in [-0.4, -0.2) is 16.0 Å². The molecule has 0 aliphatic rings. The van der Waals surface area contributed by atoms with Crippen LogP contribution in [0, 0.1) is 0 Å². The van der Waals surface area contributed by atoms with E-state index in [-0.39, 0.29) is 11.0 Å². The van der Waals surface area contributed by atoms with Crippen molar-refractivity contribution in [1.29, 1.82) is 0 Å². The molecule has 31 heavy (non-hydrogen) atoms. The summed E-state index contributed by atoms with van der Waals surface area (Å²) in [6.45, 7) is 2.08. The second-order valence-corrected chi connectivity index (χ2v) is 9.96. The number of fused-ring (bicyclic) bond motifs is 1. The molecule has 0 unspecified atom stereocenters. The Balaban J connectivity index is 1.60. The monoisotopic (exact) mass is 573 g/mol. The fourth-order valence-electron chi connectivity index (χ4n) is 3.07. The number of nitrogens with one attached hydrogen (secondary N) is 2. The van der Waals surface area contributed by atoms with Crippen LogP contribution in [-0.2, 0) is 6.42 Å². The quantitative estimate of drug-likeness (QED) is 0.253. The number of para-hydroxylation sites is 1. The van der Waals surface area contributed by atoms with Crippen molar-refractivity contribution >= 4 is 82.3 Å². The Morgan fingerprint density at radius 1 is 1.10 bits per heavy atom. The Morgan fingerprint density at radius 2 is 1.84 bits per heavy atom. The Hall–Kier alpha value is -2.13. The number of anilines is 1. The van der Waals surface area contributed by atoms with Crippen LogP contribution in [0.15, 0.2) is 69.6 Å². The summed E-state index contributed by atoms with van der Waals surface area (Å²) >= 11 is 14.2. The number of rotatable bonds is 4. The molecule has 1 amide bonds. The summed E-state index contributed by atoms with van der Waals surface area (Å²) in [6.07, 6.45) is 0.925. The first-order valence-electron chi connectivity index (χ1n) is 9.51. The third-order valence-corrected chi connectivity index (χ3v) is 7.03. The number of halogens is 2. The third kappa shape index (κ3) is 5.03. The molecule has 0 saturated carbocycles.